The summed E-state index contributed by atoms with van der Waals surface area (Å²) in [5.41, 5.74) is 7.09. The largest absolute Gasteiger partial charge is 0.493 e. The van der Waals surface area contributed by atoms with Crippen molar-refractivity contribution < 1.29 is 9.47 Å². The molecule has 0 aliphatic carbocycles. The Bertz CT molecular complexity index is 385. The summed E-state index contributed by atoms with van der Waals surface area (Å²) in [5, 5.41) is 0.541. The van der Waals surface area contributed by atoms with Gasteiger partial charge in [0, 0.05) is 6.04 Å². The lowest BCUT2D eigenvalue weighted by Crippen LogP contribution is -2.19. The van der Waals surface area contributed by atoms with Crippen LogP contribution in [0.3, 0.4) is 0 Å². The van der Waals surface area contributed by atoms with Crippen LogP contribution in [0, 0.1) is 5.92 Å². The van der Waals surface area contributed by atoms with E-state index in [1.165, 1.54) is 0 Å². The molecule has 0 fully saturated rings. The minimum Gasteiger partial charge on any atom is -0.493 e. The van der Waals surface area contributed by atoms with Crippen molar-refractivity contribution in [3.63, 3.8) is 0 Å². The Morgan fingerprint density at radius 3 is 2.33 bits per heavy atom. The normalized spacial score (nSPS) is 13.4. The fourth-order valence-corrected chi connectivity index (χ4v) is 2.08. The number of hydrogen-bond donors (Lipinski definition) is 1. The molecule has 0 saturated carbocycles. The van der Waals surface area contributed by atoms with Crippen molar-refractivity contribution in [2.24, 2.45) is 11.7 Å². The quantitative estimate of drug-likeness (QED) is 0.897. The van der Waals surface area contributed by atoms with Crippen LogP contribution in [0.15, 0.2) is 12.1 Å². The molecule has 0 amide bonds. The van der Waals surface area contributed by atoms with Crippen LogP contribution in [-0.2, 0) is 0 Å². The zero-order valence-corrected chi connectivity index (χ0v) is 12.8. The van der Waals surface area contributed by atoms with Gasteiger partial charge in [-0.2, -0.15) is 0 Å². The molecule has 0 bridgehead atoms. The van der Waals surface area contributed by atoms with Crippen LogP contribution < -0.4 is 15.2 Å². The molecule has 2 N–H and O–H groups in total. The molecular formula is C13H21Cl2NO2. The van der Waals surface area contributed by atoms with Crippen LogP contribution in [0.5, 0.6) is 11.5 Å². The summed E-state index contributed by atoms with van der Waals surface area (Å²) >= 11 is 6.30. The standard InChI is InChI=1S/C13H20ClNO2.ClH/c1-5-8(2)12(15)9-6-7-10(16-3)13(17-4)11(9)14;/h6-8,12H,5,15H2,1-4H3;1H/t8?,12-;/m0./s1. The Morgan fingerprint density at radius 2 is 1.89 bits per heavy atom. The molecule has 2 atom stereocenters. The van der Waals surface area contributed by atoms with Gasteiger partial charge in [0.25, 0.3) is 0 Å². The highest BCUT2D eigenvalue weighted by Gasteiger charge is 2.20. The van der Waals surface area contributed by atoms with Gasteiger partial charge in [0.2, 0.25) is 0 Å². The molecule has 0 heterocycles. The molecule has 0 spiro atoms. The third-order valence-corrected chi connectivity index (χ3v) is 3.52. The van der Waals surface area contributed by atoms with E-state index in [-0.39, 0.29) is 18.4 Å². The zero-order chi connectivity index (χ0) is 13.0. The van der Waals surface area contributed by atoms with Gasteiger partial charge in [0.1, 0.15) is 0 Å². The maximum absolute atomic E-state index is 6.30. The second kappa shape index (κ2) is 7.72. The third-order valence-electron chi connectivity index (χ3n) is 3.13. The molecule has 104 valence electrons. The van der Waals surface area contributed by atoms with Crippen molar-refractivity contribution in [2.45, 2.75) is 26.3 Å². The lowest BCUT2D eigenvalue weighted by Gasteiger charge is -2.21. The zero-order valence-electron chi connectivity index (χ0n) is 11.2. The Balaban J connectivity index is 0.00000289. The second-order valence-corrected chi connectivity index (χ2v) is 4.49. The number of halogens is 2. The van der Waals surface area contributed by atoms with Crippen LogP contribution in [0.25, 0.3) is 0 Å². The van der Waals surface area contributed by atoms with Crippen LogP contribution in [0.2, 0.25) is 5.02 Å². The number of methoxy groups -OCH3 is 2. The molecule has 0 radical (unpaired) electrons. The van der Waals surface area contributed by atoms with Crippen LogP contribution in [-0.4, -0.2) is 14.2 Å². The molecule has 1 unspecified atom stereocenters. The van der Waals surface area contributed by atoms with E-state index in [2.05, 4.69) is 13.8 Å². The highest BCUT2D eigenvalue weighted by atomic mass is 35.5. The number of benzene rings is 1. The molecule has 18 heavy (non-hydrogen) atoms. The highest BCUT2D eigenvalue weighted by Crippen LogP contribution is 2.40. The van der Waals surface area contributed by atoms with Gasteiger partial charge in [-0.1, -0.05) is 37.9 Å². The fourth-order valence-electron chi connectivity index (χ4n) is 1.72. The summed E-state index contributed by atoms with van der Waals surface area (Å²) in [6, 6.07) is 3.65. The third kappa shape index (κ3) is 3.44. The van der Waals surface area contributed by atoms with Crippen LogP contribution in [0.1, 0.15) is 31.9 Å². The molecule has 0 saturated heterocycles. The molecule has 0 aromatic heterocycles. The lowest BCUT2D eigenvalue weighted by molar-refractivity contribution is 0.353. The number of nitrogens with two attached hydrogens (primary N) is 1. The van der Waals surface area contributed by atoms with E-state index >= 15 is 0 Å². The molecule has 0 aliphatic rings. The van der Waals surface area contributed by atoms with Crippen molar-refractivity contribution in [2.75, 3.05) is 14.2 Å². The van der Waals surface area contributed by atoms with Crippen molar-refractivity contribution in [1.82, 2.24) is 0 Å². The molecule has 1 rings (SSSR count). The predicted octanol–water partition coefficient (Wildman–Crippen LogP) is 3.82. The first-order chi connectivity index (χ1) is 8.06. The Kier molecular flexibility index (Phi) is 7.45. The van der Waals surface area contributed by atoms with E-state index in [0.29, 0.717) is 22.4 Å². The minimum absolute atomic E-state index is 0. The number of hydrogen-bond acceptors (Lipinski definition) is 3. The van der Waals surface area contributed by atoms with E-state index in [1.54, 1.807) is 14.2 Å². The summed E-state index contributed by atoms with van der Waals surface area (Å²) in [7, 11) is 3.16. The van der Waals surface area contributed by atoms with Gasteiger partial charge in [-0.05, 0) is 17.5 Å². The maximum Gasteiger partial charge on any atom is 0.179 e. The first kappa shape index (κ1) is 17.4. The summed E-state index contributed by atoms with van der Waals surface area (Å²) in [5.74, 6) is 1.54. The first-order valence-electron chi connectivity index (χ1n) is 5.72. The molecule has 1 aromatic carbocycles. The van der Waals surface area contributed by atoms with E-state index < -0.39 is 0 Å². The van der Waals surface area contributed by atoms with Gasteiger partial charge in [-0.25, -0.2) is 0 Å². The van der Waals surface area contributed by atoms with Gasteiger partial charge in [0.05, 0.1) is 19.2 Å². The monoisotopic (exact) mass is 293 g/mol. The lowest BCUT2D eigenvalue weighted by atomic mass is 9.93. The van der Waals surface area contributed by atoms with E-state index in [0.717, 1.165) is 12.0 Å². The number of ether oxygens (including phenoxy) is 2. The van der Waals surface area contributed by atoms with Crippen molar-refractivity contribution in [3.8, 4) is 11.5 Å². The van der Waals surface area contributed by atoms with E-state index in [1.807, 2.05) is 12.1 Å². The Morgan fingerprint density at radius 1 is 1.28 bits per heavy atom. The summed E-state index contributed by atoms with van der Waals surface area (Å²) in [6.07, 6.45) is 1.01. The molecular weight excluding hydrogens is 273 g/mol. The molecule has 1 aromatic rings. The van der Waals surface area contributed by atoms with Gasteiger partial charge >= 0.3 is 0 Å². The van der Waals surface area contributed by atoms with Crippen molar-refractivity contribution >= 4 is 24.0 Å². The molecule has 5 heteroatoms. The molecule has 3 nitrogen and oxygen atoms in total. The van der Waals surface area contributed by atoms with E-state index in [9.17, 15) is 0 Å². The molecule has 0 aliphatic heterocycles. The summed E-state index contributed by atoms with van der Waals surface area (Å²) in [6.45, 7) is 4.22. The summed E-state index contributed by atoms with van der Waals surface area (Å²) < 4.78 is 10.4. The second-order valence-electron chi connectivity index (χ2n) is 4.12. The topological polar surface area (TPSA) is 44.5 Å². The Hall–Kier alpha value is -0.640. The van der Waals surface area contributed by atoms with Gasteiger partial charge < -0.3 is 15.2 Å². The smallest absolute Gasteiger partial charge is 0.179 e. The summed E-state index contributed by atoms with van der Waals surface area (Å²) in [4.78, 5) is 0. The van der Waals surface area contributed by atoms with Crippen LogP contribution >= 0.6 is 24.0 Å². The first-order valence-corrected chi connectivity index (χ1v) is 6.10. The average molecular weight is 294 g/mol. The number of rotatable bonds is 5. The van der Waals surface area contributed by atoms with Gasteiger partial charge in [-0.15, -0.1) is 12.4 Å². The van der Waals surface area contributed by atoms with Crippen molar-refractivity contribution in [1.29, 1.82) is 0 Å². The van der Waals surface area contributed by atoms with Crippen LogP contribution in [0.4, 0.5) is 0 Å². The highest BCUT2D eigenvalue weighted by molar-refractivity contribution is 6.33. The van der Waals surface area contributed by atoms with E-state index in [4.69, 9.17) is 26.8 Å². The maximum atomic E-state index is 6.30. The van der Waals surface area contributed by atoms with Crippen molar-refractivity contribution in [3.05, 3.63) is 22.7 Å². The minimum atomic E-state index is -0.0905. The van der Waals surface area contributed by atoms with Gasteiger partial charge in [-0.3, -0.25) is 0 Å². The Labute approximate surface area is 120 Å². The predicted molar refractivity (Wildman–Crippen MR) is 78.2 cm³/mol. The SMILES string of the molecule is CCC(C)[C@H](N)c1ccc(OC)c(OC)c1Cl.Cl. The average Bonchev–Trinajstić information content (AvgIpc) is 2.36. The van der Waals surface area contributed by atoms with Gasteiger partial charge in [0.15, 0.2) is 11.5 Å². The fraction of sp³-hybridized carbons (Fsp3) is 0.538.